The maximum atomic E-state index is 14.8. The van der Waals surface area contributed by atoms with Gasteiger partial charge in [-0.2, -0.15) is 0 Å². The Bertz CT molecular complexity index is 1190. The summed E-state index contributed by atoms with van der Waals surface area (Å²) in [5.74, 6) is -4.37. The topological polar surface area (TPSA) is 95.9 Å². The zero-order valence-electron chi connectivity index (χ0n) is 20.0. The van der Waals surface area contributed by atoms with Crippen molar-refractivity contribution in [3.05, 3.63) is 53.1 Å². The Balaban J connectivity index is 1.67. The predicted molar refractivity (Wildman–Crippen MR) is 128 cm³/mol. The molecule has 2 amide bonds. The van der Waals surface area contributed by atoms with Crippen molar-refractivity contribution in [2.45, 2.75) is 38.5 Å². The van der Waals surface area contributed by atoms with Gasteiger partial charge in [-0.15, -0.1) is 0 Å². The van der Waals surface area contributed by atoms with Crippen LogP contribution in [-0.2, 0) is 20.8 Å². The fourth-order valence-electron chi connectivity index (χ4n) is 4.78. The Morgan fingerprint density at radius 1 is 1.09 bits per heavy atom. The average Bonchev–Trinajstić information content (AvgIpc) is 3.57. The first-order valence-electron chi connectivity index (χ1n) is 11.4. The molecule has 2 aromatic rings. The second-order valence-electron chi connectivity index (χ2n) is 10.1. The number of ether oxygens (including phenoxy) is 1. The minimum Gasteiger partial charge on any atom is -0.497 e. The maximum Gasteiger partial charge on any atom is 0.307 e. The van der Waals surface area contributed by atoms with Gasteiger partial charge in [0, 0.05) is 17.4 Å². The van der Waals surface area contributed by atoms with E-state index in [-0.39, 0.29) is 23.8 Å². The Labute approximate surface area is 203 Å². The van der Waals surface area contributed by atoms with Gasteiger partial charge in [0.2, 0.25) is 5.91 Å². The summed E-state index contributed by atoms with van der Waals surface area (Å²) in [5, 5.41) is 11.9. The third-order valence-corrected chi connectivity index (χ3v) is 8.57. The molecule has 2 N–H and O–H groups in total. The molecular weight excluding hydrogens is 474 g/mol. The van der Waals surface area contributed by atoms with Crippen LogP contribution < -0.4 is 15.2 Å². The van der Waals surface area contributed by atoms with Gasteiger partial charge in [0.15, 0.2) is 0 Å². The van der Waals surface area contributed by atoms with Crippen molar-refractivity contribution in [3.63, 3.8) is 0 Å². The van der Waals surface area contributed by atoms with E-state index in [2.05, 4.69) is 5.32 Å². The van der Waals surface area contributed by atoms with Crippen molar-refractivity contribution in [1.82, 2.24) is 4.90 Å². The van der Waals surface area contributed by atoms with Crippen LogP contribution in [0.5, 0.6) is 5.75 Å². The van der Waals surface area contributed by atoms with Gasteiger partial charge in [0.1, 0.15) is 23.4 Å². The molecule has 1 heterocycles. The lowest BCUT2D eigenvalue weighted by Crippen LogP contribution is -2.46. The SMILES string of the molecule is COc1ccc2c(c1)CCN(C(=O)C1CC1C(=O)O)[C@H]2C(=O)Nc1cc(F)c([Si](C)(C)C)c(F)c1. The number of amides is 2. The molecule has 2 aliphatic rings. The van der Waals surface area contributed by atoms with Crippen LogP contribution in [0.3, 0.4) is 0 Å². The molecule has 1 aliphatic heterocycles. The number of carboxylic acid groups (broad SMARTS) is 1. The van der Waals surface area contributed by atoms with Crippen LogP contribution in [0.1, 0.15) is 23.6 Å². The summed E-state index contributed by atoms with van der Waals surface area (Å²) in [7, 11) is -0.772. The van der Waals surface area contributed by atoms with Crippen molar-refractivity contribution in [3.8, 4) is 5.75 Å². The number of halogens is 2. The molecule has 0 spiro atoms. The number of aliphatic carboxylic acids is 1. The van der Waals surface area contributed by atoms with Crippen molar-refractivity contribution in [2.24, 2.45) is 11.8 Å². The van der Waals surface area contributed by atoms with Crippen molar-refractivity contribution in [1.29, 1.82) is 0 Å². The summed E-state index contributed by atoms with van der Waals surface area (Å²) in [6.07, 6.45) is 0.684. The Kier molecular flexibility index (Phi) is 6.43. The fraction of sp³-hybridized carbons (Fsp3) is 0.400. The minimum absolute atomic E-state index is 0.0464. The number of hydrogen-bond donors (Lipinski definition) is 2. The van der Waals surface area contributed by atoms with Gasteiger partial charge in [-0.1, -0.05) is 25.7 Å². The third-order valence-electron chi connectivity index (χ3n) is 6.59. The molecule has 2 unspecified atom stereocenters. The smallest absolute Gasteiger partial charge is 0.307 e. The molecule has 186 valence electrons. The van der Waals surface area contributed by atoms with Crippen LogP contribution in [0, 0.1) is 23.5 Å². The molecule has 0 aromatic heterocycles. The Morgan fingerprint density at radius 3 is 2.29 bits per heavy atom. The molecule has 35 heavy (non-hydrogen) atoms. The Morgan fingerprint density at radius 2 is 1.74 bits per heavy atom. The first-order chi connectivity index (χ1) is 16.4. The lowest BCUT2D eigenvalue weighted by atomic mass is 9.91. The highest BCUT2D eigenvalue weighted by Crippen LogP contribution is 2.43. The summed E-state index contributed by atoms with van der Waals surface area (Å²) in [6.45, 7) is 5.68. The molecule has 4 rings (SSSR count). The third kappa shape index (κ3) is 4.79. The molecule has 10 heteroatoms. The van der Waals surface area contributed by atoms with E-state index >= 15 is 0 Å². The second-order valence-corrected chi connectivity index (χ2v) is 15.1. The maximum absolute atomic E-state index is 14.8. The van der Waals surface area contributed by atoms with Crippen molar-refractivity contribution in [2.75, 3.05) is 19.0 Å². The number of carboxylic acids is 1. The van der Waals surface area contributed by atoms with E-state index in [4.69, 9.17) is 4.74 Å². The summed E-state index contributed by atoms with van der Waals surface area (Å²) in [5.41, 5.74) is 1.33. The number of carbonyl (C=O) groups is 3. The summed E-state index contributed by atoms with van der Waals surface area (Å²) >= 11 is 0. The van der Waals surface area contributed by atoms with Gasteiger partial charge in [-0.25, -0.2) is 8.78 Å². The van der Waals surface area contributed by atoms with Gasteiger partial charge in [0.05, 0.1) is 27.0 Å². The van der Waals surface area contributed by atoms with E-state index in [9.17, 15) is 28.3 Å². The average molecular weight is 503 g/mol. The number of nitrogens with zero attached hydrogens (tertiary/aromatic N) is 1. The number of methoxy groups -OCH3 is 1. The van der Waals surface area contributed by atoms with Crippen LogP contribution in [0.25, 0.3) is 0 Å². The van der Waals surface area contributed by atoms with Crippen LogP contribution in [0.2, 0.25) is 19.6 Å². The van der Waals surface area contributed by atoms with Gasteiger partial charge in [-0.3, -0.25) is 14.4 Å². The minimum atomic E-state index is -2.30. The van der Waals surface area contributed by atoms with E-state index in [1.165, 1.54) is 12.0 Å². The molecule has 1 saturated carbocycles. The van der Waals surface area contributed by atoms with Crippen LogP contribution in [0.4, 0.5) is 14.5 Å². The molecule has 2 aromatic carbocycles. The van der Waals surface area contributed by atoms with E-state index < -0.39 is 55.4 Å². The summed E-state index contributed by atoms with van der Waals surface area (Å²) in [6, 6.07) is 6.27. The summed E-state index contributed by atoms with van der Waals surface area (Å²) in [4.78, 5) is 39.3. The van der Waals surface area contributed by atoms with E-state index in [0.717, 1.165) is 17.7 Å². The largest absolute Gasteiger partial charge is 0.497 e. The van der Waals surface area contributed by atoms with Crippen LogP contribution in [-0.4, -0.2) is 49.5 Å². The van der Waals surface area contributed by atoms with Gasteiger partial charge >= 0.3 is 5.97 Å². The number of rotatable bonds is 6. The molecule has 1 aliphatic carbocycles. The molecule has 7 nitrogen and oxygen atoms in total. The highest BCUT2D eigenvalue weighted by atomic mass is 28.3. The van der Waals surface area contributed by atoms with Gasteiger partial charge in [-0.05, 0) is 48.2 Å². The highest BCUT2D eigenvalue weighted by Gasteiger charge is 2.52. The molecule has 0 radical (unpaired) electrons. The molecule has 3 atom stereocenters. The first-order valence-corrected chi connectivity index (χ1v) is 14.9. The van der Waals surface area contributed by atoms with Crippen molar-refractivity contribution < 1.29 is 33.0 Å². The normalized spacial score (nSPS) is 21.2. The van der Waals surface area contributed by atoms with E-state index in [1.807, 2.05) is 19.6 Å². The zero-order valence-corrected chi connectivity index (χ0v) is 21.0. The van der Waals surface area contributed by atoms with E-state index in [1.54, 1.807) is 18.2 Å². The number of nitrogens with one attached hydrogen (secondary N) is 1. The number of fused-ring (bicyclic) bond motifs is 1. The molecule has 0 bridgehead atoms. The Hall–Kier alpha value is -3.27. The standard InChI is InChI=1S/C25H28F2N2O5Si/c1-34-15-5-6-16-13(9-15)7-8-29(24(31)17-12-18(17)25(32)33)21(16)23(30)28-14-10-19(26)22(20(27)11-14)35(2,3)4/h5-6,9-11,17-18,21H,7-8,12H2,1-4H3,(H,28,30)(H,32,33)/t17?,18?,21-/m1/s1. The second kappa shape index (κ2) is 9.07. The van der Waals surface area contributed by atoms with Crippen LogP contribution in [0.15, 0.2) is 30.3 Å². The first kappa shape index (κ1) is 24.8. The lowest BCUT2D eigenvalue weighted by molar-refractivity contribution is -0.144. The van der Waals surface area contributed by atoms with Crippen LogP contribution >= 0.6 is 0 Å². The quantitative estimate of drug-likeness (QED) is 0.591. The highest BCUT2D eigenvalue weighted by molar-refractivity contribution is 6.88. The van der Waals surface area contributed by atoms with E-state index in [0.29, 0.717) is 17.7 Å². The zero-order chi connectivity index (χ0) is 25.7. The molecule has 1 fully saturated rings. The molecular formula is C25H28F2N2O5Si. The fourth-order valence-corrected chi connectivity index (χ4v) is 6.35. The number of carbonyl (C=O) groups excluding carboxylic acids is 2. The predicted octanol–water partition coefficient (Wildman–Crippen LogP) is 3.30. The van der Waals surface area contributed by atoms with Crippen molar-refractivity contribution >= 4 is 36.7 Å². The monoisotopic (exact) mass is 502 g/mol. The molecule has 0 saturated heterocycles. The number of hydrogen-bond acceptors (Lipinski definition) is 4. The van der Waals surface area contributed by atoms with Gasteiger partial charge < -0.3 is 20.1 Å². The summed E-state index contributed by atoms with van der Waals surface area (Å²) < 4.78 is 34.8. The number of anilines is 1. The van der Waals surface area contributed by atoms with Gasteiger partial charge in [0.25, 0.3) is 5.91 Å². The number of benzene rings is 2. The lowest BCUT2D eigenvalue weighted by Gasteiger charge is -2.37.